The largest absolute Gasteiger partial charge is 0.465 e. The number of nitrogens with one attached hydrogen (secondary N) is 1. The predicted molar refractivity (Wildman–Crippen MR) is 120 cm³/mol. The molecule has 1 N–H and O–H groups in total. The Bertz CT molecular complexity index is 1140. The number of carbonyl (C=O) groups excluding carboxylic acids is 2. The second-order valence-corrected chi connectivity index (χ2v) is 9.08. The van der Waals surface area contributed by atoms with Crippen molar-refractivity contribution in [2.24, 2.45) is 5.92 Å². The number of hydrogen-bond donors (Lipinski definition) is 1. The third-order valence-corrected chi connectivity index (χ3v) is 7.05. The zero-order chi connectivity index (χ0) is 22.8. The molecule has 2 aliphatic rings. The van der Waals surface area contributed by atoms with Gasteiger partial charge in [-0.1, -0.05) is 0 Å². The Morgan fingerprint density at radius 1 is 1.18 bits per heavy atom. The monoisotopic (exact) mass is 468 g/mol. The Hall–Kier alpha value is -3.41. The van der Waals surface area contributed by atoms with Crippen LogP contribution in [-0.2, 0) is 20.7 Å². The summed E-state index contributed by atoms with van der Waals surface area (Å²) >= 11 is 1.46. The second kappa shape index (κ2) is 9.22. The first-order valence-corrected chi connectivity index (χ1v) is 11.8. The van der Waals surface area contributed by atoms with E-state index in [0.717, 1.165) is 29.2 Å². The molecule has 1 amide bonds. The molecule has 0 saturated carbocycles. The molecule has 0 spiro atoms. The number of esters is 1. The zero-order valence-corrected chi connectivity index (χ0v) is 19.0. The fourth-order valence-corrected chi connectivity index (χ4v) is 5.33. The van der Waals surface area contributed by atoms with E-state index in [9.17, 15) is 9.59 Å². The van der Waals surface area contributed by atoms with Crippen LogP contribution in [0.25, 0.3) is 5.82 Å². The van der Waals surface area contributed by atoms with Crippen molar-refractivity contribution >= 4 is 34.2 Å². The summed E-state index contributed by atoms with van der Waals surface area (Å²) in [5.41, 5.74) is 0.760. The summed E-state index contributed by atoms with van der Waals surface area (Å²) in [6.07, 6.45) is 7.50. The van der Waals surface area contributed by atoms with E-state index in [-0.39, 0.29) is 23.7 Å². The third-order valence-electron chi connectivity index (χ3n) is 6.00. The van der Waals surface area contributed by atoms with Gasteiger partial charge in [-0.3, -0.25) is 9.59 Å². The quantitative estimate of drug-likeness (QED) is 0.540. The molecule has 1 fully saturated rings. The summed E-state index contributed by atoms with van der Waals surface area (Å²) in [5.74, 6) is 0.771. The lowest BCUT2D eigenvalue weighted by Gasteiger charge is -2.32. The molecular weight excluding hydrogens is 444 g/mol. The van der Waals surface area contributed by atoms with Crippen molar-refractivity contribution in [3.8, 4) is 5.82 Å². The SMILES string of the molecule is CCOC(=O)C1CCc2sc(NC(=O)C3CCN(c4cc(-n5cncn5)ncn4)CC3)nc21. The molecule has 4 heterocycles. The molecule has 11 nitrogen and oxygen atoms in total. The Labute approximate surface area is 194 Å². The number of piperidine rings is 1. The number of amides is 1. The highest BCUT2D eigenvalue weighted by Gasteiger charge is 2.34. The van der Waals surface area contributed by atoms with E-state index in [2.05, 4.69) is 35.3 Å². The van der Waals surface area contributed by atoms with E-state index < -0.39 is 0 Å². The Kier molecular flexibility index (Phi) is 5.99. The molecule has 1 aliphatic heterocycles. The Balaban J connectivity index is 1.18. The number of hydrogen-bond acceptors (Lipinski definition) is 10. The molecule has 1 atom stereocenters. The summed E-state index contributed by atoms with van der Waals surface area (Å²) < 4.78 is 6.75. The van der Waals surface area contributed by atoms with Crippen LogP contribution in [0.1, 0.15) is 42.7 Å². The standard InChI is InChI=1S/C21H24N8O3S/c1-2-32-20(31)14-3-4-15-18(14)26-21(33-15)27-19(30)13-5-7-28(8-6-13)16-9-17(24-11-23-16)29-12-22-10-25-29/h9-14H,2-8H2,1H3,(H,26,27,30). The number of fused-ring (bicyclic) bond motifs is 1. The molecule has 0 aromatic carbocycles. The van der Waals surface area contributed by atoms with Crippen molar-refractivity contribution in [3.05, 3.63) is 35.6 Å². The molecule has 3 aromatic rings. The highest BCUT2D eigenvalue weighted by atomic mass is 32.1. The molecule has 33 heavy (non-hydrogen) atoms. The van der Waals surface area contributed by atoms with Gasteiger partial charge in [0.05, 0.1) is 12.3 Å². The van der Waals surface area contributed by atoms with Gasteiger partial charge >= 0.3 is 5.97 Å². The van der Waals surface area contributed by atoms with Crippen molar-refractivity contribution in [1.82, 2.24) is 29.7 Å². The van der Waals surface area contributed by atoms with Crippen LogP contribution in [0.2, 0.25) is 0 Å². The first kappa shape index (κ1) is 21.4. The Morgan fingerprint density at radius 2 is 2.00 bits per heavy atom. The highest BCUT2D eigenvalue weighted by Crippen LogP contribution is 2.39. The van der Waals surface area contributed by atoms with Gasteiger partial charge in [-0.05, 0) is 32.6 Å². The minimum atomic E-state index is -0.319. The molecule has 172 valence electrons. The van der Waals surface area contributed by atoms with Gasteiger partial charge in [0.15, 0.2) is 10.9 Å². The number of thiazole rings is 1. The van der Waals surface area contributed by atoms with Crippen molar-refractivity contribution < 1.29 is 14.3 Å². The maximum atomic E-state index is 12.9. The van der Waals surface area contributed by atoms with Crippen molar-refractivity contribution in [2.45, 2.75) is 38.5 Å². The van der Waals surface area contributed by atoms with Gasteiger partial charge in [0.2, 0.25) is 5.91 Å². The molecule has 1 unspecified atom stereocenters. The van der Waals surface area contributed by atoms with Crippen LogP contribution in [0.4, 0.5) is 10.9 Å². The van der Waals surface area contributed by atoms with Crippen LogP contribution in [-0.4, -0.2) is 61.3 Å². The minimum absolute atomic E-state index is 0.0271. The fourth-order valence-electron chi connectivity index (χ4n) is 4.29. The van der Waals surface area contributed by atoms with Crippen molar-refractivity contribution in [3.63, 3.8) is 0 Å². The molecule has 1 saturated heterocycles. The predicted octanol–water partition coefficient (Wildman–Crippen LogP) is 1.96. The summed E-state index contributed by atoms with van der Waals surface area (Å²) in [7, 11) is 0. The molecule has 0 radical (unpaired) electrons. The van der Waals surface area contributed by atoms with E-state index in [1.807, 2.05) is 6.07 Å². The maximum absolute atomic E-state index is 12.9. The fraction of sp³-hybridized carbons (Fsp3) is 0.476. The van der Waals surface area contributed by atoms with Crippen LogP contribution in [0, 0.1) is 5.92 Å². The van der Waals surface area contributed by atoms with E-state index in [1.54, 1.807) is 17.9 Å². The van der Waals surface area contributed by atoms with E-state index in [0.29, 0.717) is 43.5 Å². The van der Waals surface area contributed by atoms with Gasteiger partial charge in [0, 0.05) is 30.0 Å². The number of nitrogens with zero attached hydrogens (tertiary/aromatic N) is 7. The summed E-state index contributed by atoms with van der Waals surface area (Å²) in [6.45, 7) is 3.58. The lowest BCUT2D eigenvalue weighted by molar-refractivity contribution is -0.145. The molecule has 12 heteroatoms. The van der Waals surface area contributed by atoms with Gasteiger partial charge in [-0.2, -0.15) is 5.10 Å². The maximum Gasteiger partial charge on any atom is 0.315 e. The zero-order valence-electron chi connectivity index (χ0n) is 18.2. The average molecular weight is 469 g/mol. The number of carbonyl (C=O) groups is 2. The van der Waals surface area contributed by atoms with Crippen LogP contribution in [0.15, 0.2) is 25.0 Å². The van der Waals surface area contributed by atoms with Gasteiger partial charge in [-0.25, -0.2) is 24.6 Å². The molecular formula is C21H24N8O3S. The smallest absolute Gasteiger partial charge is 0.315 e. The second-order valence-electron chi connectivity index (χ2n) is 8.00. The average Bonchev–Trinajstić information content (AvgIpc) is 3.57. The summed E-state index contributed by atoms with van der Waals surface area (Å²) in [5, 5.41) is 7.64. The van der Waals surface area contributed by atoms with Crippen molar-refractivity contribution in [2.75, 3.05) is 29.9 Å². The molecule has 5 rings (SSSR count). The van der Waals surface area contributed by atoms with Gasteiger partial charge < -0.3 is 15.0 Å². The third kappa shape index (κ3) is 4.42. The lowest BCUT2D eigenvalue weighted by atomic mass is 9.96. The van der Waals surface area contributed by atoms with Crippen LogP contribution in [0.3, 0.4) is 0 Å². The molecule has 3 aromatic heterocycles. The highest BCUT2D eigenvalue weighted by molar-refractivity contribution is 7.16. The van der Waals surface area contributed by atoms with Gasteiger partial charge in [0.25, 0.3) is 0 Å². The van der Waals surface area contributed by atoms with Gasteiger partial charge in [-0.15, -0.1) is 11.3 Å². The topological polar surface area (TPSA) is 128 Å². The van der Waals surface area contributed by atoms with Crippen molar-refractivity contribution in [1.29, 1.82) is 0 Å². The molecule has 1 aliphatic carbocycles. The Morgan fingerprint density at radius 3 is 2.76 bits per heavy atom. The van der Waals surface area contributed by atoms with E-state index in [4.69, 9.17) is 4.74 Å². The van der Waals surface area contributed by atoms with Crippen LogP contribution in [0.5, 0.6) is 0 Å². The molecule has 0 bridgehead atoms. The van der Waals surface area contributed by atoms with Crippen LogP contribution >= 0.6 is 11.3 Å². The minimum Gasteiger partial charge on any atom is -0.465 e. The lowest BCUT2D eigenvalue weighted by Crippen LogP contribution is -2.38. The number of aryl methyl sites for hydroxylation is 1. The number of aromatic nitrogens is 6. The number of rotatable bonds is 6. The van der Waals surface area contributed by atoms with Gasteiger partial charge in [0.1, 0.15) is 30.7 Å². The summed E-state index contributed by atoms with van der Waals surface area (Å²) in [4.78, 5) is 45.3. The normalized spacial score (nSPS) is 18.2. The first-order chi connectivity index (χ1) is 16.1. The summed E-state index contributed by atoms with van der Waals surface area (Å²) in [6, 6.07) is 1.87. The first-order valence-electron chi connectivity index (χ1n) is 11.0. The van der Waals surface area contributed by atoms with Crippen LogP contribution < -0.4 is 10.2 Å². The number of anilines is 2. The van der Waals surface area contributed by atoms with E-state index in [1.165, 1.54) is 24.0 Å². The van der Waals surface area contributed by atoms with E-state index >= 15 is 0 Å². The number of ether oxygens (including phenoxy) is 1.